The third-order valence-electron chi connectivity index (χ3n) is 4.60. The van der Waals surface area contributed by atoms with Crippen LogP contribution in [0.15, 0.2) is 56.7 Å². The quantitative estimate of drug-likeness (QED) is 0.750. The predicted octanol–water partition coefficient (Wildman–Crippen LogP) is 2.45. The summed E-state index contributed by atoms with van der Waals surface area (Å²) in [6.45, 7) is 1.45. The van der Waals surface area contributed by atoms with Crippen LogP contribution in [0.2, 0.25) is 0 Å². The first-order valence-electron chi connectivity index (χ1n) is 8.30. The normalized spacial score (nSPS) is 14.6. The minimum Gasteiger partial charge on any atom is -0.460 e. The molecule has 4 rings (SSSR count). The van der Waals surface area contributed by atoms with Gasteiger partial charge in [0, 0.05) is 37.1 Å². The van der Waals surface area contributed by atoms with E-state index in [0.29, 0.717) is 18.5 Å². The van der Waals surface area contributed by atoms with Crippen LogP contribution in [0.1, 0.15) is 16.9 Å². The van der Waals surface area contributed by atoms with Gasteiger partial charge in [-0.2, -0.15) is 0 Å². The summed E-state index contributed by atoms with van der Waals surface area (Å²) < 4.78 is 32.0. The van der Waals surface area contributed by atoms with Crippen LogP contribution in [0.4, 0.5) is 0 Å². The highest BCUT2D eigenvalue weighted by Crippen LogP contribution is 2.34. The number of fused-ring (bicyclic) bond motifs is 3. The van der Waals surface area contributed by atoms with Gasteiger partial charge in [-0.1, -0.05) is 18.2 Å². The van der Waals surface area contributed by atoms with Crippen LogP contribution >= 0.6 is 0 Å². The van der Waals surface area contributed by atoms with E-state index in [0.717, 1.165) is 35.2 Å². The molecule has 1 aliphatic rings. The van der Waals surface area contributed by atoms with Gasteiger partial charge in [0.15, 0.2) is 0 Å². The fourth-order valence-electron chi connectivity index (χ4n) is 3.35. The van der Waals surface area contributed by atoms with E-state index in [9.17, 15) is 13.5 Å². The average Bonchev–Trinajstić information content (AvgIpc) is 3.02. The van der Waals surface area contributed by atoms with Gasteiger partial charge in [-0.05, 0) is 36.2 Å². The molecular formula is C19H19NO4S. The Morgan fingerprint density at radius 1 is 1.12 bits per heavy atom. The molecule has 5 nitrogen and oxygen atoms in total. The summed E-state index contributed by atoms with van der Waals surface area (Å²) in [4.78, 5) is 0.503. The molecular weight excluding hydrogens is 338 g/mol. The number of sulfone groups is 1. The van der Waals surface area contributed by atoms with Crippen LogP contribution in [-0.4, -0.2) is 26.7 Å². The van der Waals surface area contributed by atoms with Crippen LogP contribution in [0.3, 0.4) is 0 Å². The zero-order chi connectivity index (χ0) is 17.4. The number of hydrogen-bond donors (Lipinski definition) is 2. The van der Waals surface area contributed by atoms with E-state index in [2.05, 4.69) is 5.32 Å². The molecule has 6 heteroatoms. The average molecular weight is 357 g/mol. The molecule has 2 N–H and O–H groups in total. The molecule has 3 aromatic rings. The SMILES string of the molecule is O=S(=O)(c1ccccc1)c1cc(CCO)c2oc3c(c2c1)CNCC3. The van der Waals surface area contributed by atoms with Crippen molar-refractivity contribution in [3.8, 4) is 0 Å². The summed E-state index contributed by atoms with van der Waals surface area (Å²) in [7, 11) is -3.62. The molecule has 2 heterocycles. The van der Waals surface area contributed by atoms with Crippen molar-refractivity contribution in [2.75, 3.05) is 13.2 Å². The van der Waals surface area contributed by atoms with Gasteiger partial charge in [0.2, 0.25) is 9.84 Å². The molecule has 0 spiro atoms. The molecule has 0 amide bonds. The van der Waals surface area contributed by atoms with E-state index in [4.69, 9.17) is 4.42 Å². The van der Waals surface area contributed by atoms with Gasteiger partial charge in [-0.15, -0.1) is 0 Å². The lowest BCUT2D eigenvalue weighted by Gasteiger charge is -2.11. The standard InChI is InChI=1S/C19H19NO4S/c21-9-7-13-10-15(25(22,23)14-4-2-1-3-5-14)11-16-17-12-20-8-6-18(17)24-19(13)16/h1-5,10-11,20-21H,6-9,12H2. The molecule has 25 heavy (non-hydrogen) atoms. The van der Waals surface area contributed by atoms with Gasteiger partial charge >= 0.3 is 0 Å². The van der Waals surface area contributed by atoms with Gasteiger partial charge in [0.25, 0.3) is 0 Å². The monoisotopic (exact) mass is 357 g/mol. The molecule has 130 valence electrons. The van der Waals surface area contributed by atoms with Crippen LogP contribution in [0.25, 0.3) is 11.0 Å². The summed E-state index contributed by atoms with van der Waals surface area (Å²) in [5.74, 6) is 0.905. The first kappa shape index (κ1) is 16.3. The Hall–Kier alpha value is -2.15. The number of nitrogens with one attached hydrogen (secondary N) is 1. The summed E-state index contributed by atoms with van der Waals surface area (Å²) in [5, 5.41) is 13.5. The maximum absolute atomic E-state index is 13.0. The molecule has 0 radical (unpaired) electrons. The summed E-state index contributed by atoms with van der Waals surface area (Å²) in [6, 6.07) is 11.7. The van der Waals surface area contributed by atoms with E-state index in [1.165, 1.54) is 0 Å². The highest BCUT2D eigenvalue weighted by atomic mass is 32.2. The highest BCUT2D eigenvalue weighted by Gasteiger charge is 2.24. The molecule has 1 aliphatic heterocycles. The van der Waals surface area contributed by atoms with E-state index >= 15 is 0 Å². The van der Waals surface area contributed by atoms with Crippen molar-refractivity contribution >= 4 is 20.8 Å². The van der Waals surface area contributed by atoms with Gasteiger partial charge in [-0.3, -0.25) is 0 Å². The molecule has 2 aromatic carbocycles. The highest BCUT2D eigenvalue weighted by molar-refractivity contribution is 7.91. The summed E-state index contributed by atoms with van der Waals surface area (Å²) in [5.41, 5.74) is 2.43. The number of aliphatic hydroxyl groups excluding tert-OH is 1. The van der Waals surface area contributed by atoms with E-state index in [-0.39, 0.29) is 16.4 Å². The zero-order valence-electron chi connectivity index (χ0n) is 13.7. The van der Waals surface area contributed by atoms with Gasteiger partial charge in [-0.25, -0.2) is 8.42 Å². The van der Waals surface area contributed by atoms with Crippen LogP contribution in [0.5, 0.6) is 0 Å². The largest absolute Gasteiger partial charge is 0.460 e. The Kier molecular flexibility index (Phi) is 4.11. The molecule has 0 saturated heterocycles. The Morgan fingerprint density at radius 2 is 1.92 bits per heavy atom. The van der Waals surface area contributed by atoms with Crippen molar-refractivity contribution in [3.05, 3.63) is 59.4 Å². The second-order valence-corrected chi connectivity index (χ2v) is 8.13. The maximum atomic E-state index is 13.0. The van der Waals surface area contributed by atoms with Crippen molar-refractivity contribution in [1.82, 2.24) is 5.32 Å². The lowest BCUT2D eigenvalue weighted by molar-refractivity contribution is 0.299. The molecule has 0 fully saturated rings. The smallest absolute Gasteiger partial charge is 0.206 e. The summed E-state index contributed by atoms with van der Waals surface area (Å²) >= 11 is 0. The van der Waals surface area contributed by atoms with E-state index in [1.807, 2.05) is 0 Å². The van der Waals surface area contributed by atoms with Crippen LogP contribution < -0.4 is 5.32 Å². The number of rotatable bonds is 4. The Morgan fingerprint density at radius 3 is 2.68 bits per heavy atom. The molecule has 0 atom stereocenters. The minimum atomic E-state index is -3.62. The van der Waals surface area contributed by atoms with Crippen molar-refractivity contribution in [2.24, 2.45) is 0 Å². The molecule has 0 unspecified atom stereocenters. The van der Waals surface area contributed by atoms with Crippen LogP contribution in [-0.2, 0) is 29.2 Å². The van der Waals surface area contributed by atoms with Gasteiger partial charge in [0.1, 0.15) is 11.3 Å². The van der Waals surface area contributed by atoms with Crippen LogP contribution in [0, 0.1) is 0 Å². The van der Waals surface area contributed by atoms with E-state index < -0.39 is 9.84 Å². The lowest BCUT2D eigenvalue weighted by Crippen LogP contribution is -2.22. The number of aliphatic hydroxyl groups is 1. The second-order valence-electron chi connectivity index (χ2n) is 6.18. The fourth-order valence-corrected chi connectivity index (χ4v) is 4.71. The maximum Gasteiger partial charge on any atom is 0.206 e. The van der Waals surface area contributed by atoms with Crippen molar-refractivity contribution in [1.29, 1.82) is 0 Å². The predicted molar refractivity (Wildman–Crippen MR) is 94.3 cm³/mol. The first-order valence-corrected chi connectivity index (χ1v) is 9.78. The second kappa shape index (κ2) is 6.29. The molecule has 1 aromatic heterocycles. The first-order chi connectivity index (χ1) is 12.1. The topological polar surface area (TPSA) is 79.5 Å². The Balaban J connectivity index is 1.96. The van der Waals surface area contributed by atoms with Crippen molar-refractivity contribution in [3.63, 3.8) is 0 Å². The molecule has 0 aliphatic carbocycles. The Labute approximate surface area is 146 Å². The summed E-state index contributed by atoms with van der Waals surface area (Å²) in [6.07, 6.45) is 1.14. The lowest BCUT2D eigenvalue weighted by atomic mass is 10.0. The van der Waals surface area contributed by atoms with Gasteiger partial charge in [0.05, 0.1) is 9.79 Å². The third kappa shape index (κ3) is 2.76. The third-order valence-corrected chi connectivity index (χ3v) is 6.35. The van der Waals surface area contributed by atoms with Crippen molar-refractivity contribution < 1.29 is 17.9 Å². The van der Waals surface area contributed by atoms with Crippen molar-refractivity contribution in [2.45, 2.75) is 29.2 Å². The molecule has 0 saturated carbocycles. The Bertz CT molecular complexity index is 1020. The van der Waals surface area contributed by atoms with Gasteiger partial charge < -0.3 is 14.8 Å². The number of hydrogen-bond acceptors (Lipinski definition) is 5. The number of benzene rings is 2. The fraction of sp³-hybridized carbons (Fsp3) is 0.263. The molecule has 0 bridgehead atoms. The zero-order valence-corrected chi connectivity index (χ0v) is 14.5. The minimum absolute atomic E-state index is 0.0619. The van der Waals surface area contributed by atoms with E-state index in [1.54, 1.807) is 42.5 Å². The number of furan rings is 1.